The predicted molar refractivity (Wildman–Crippen MR) is 91.0 cm³/mol. The van der Waals surface area contributed by atoms with Gasteiger partial charge in [0.05, 0.1) is 6.10 Å². The van der Waals surface area contributed by atoms with Crippen LogP contribution in [0.1, 0.15) is 51.3 Å². The summed E-state index contributed by atoms with van der Waals surface area (Å²) in [5.41, 5.74) is 2.54. The van der Waals surface area contributed by atoms with Gasteiger partial charge in [0.1, 0.15) is 0 Å². The molecule has 1 atom stereocenters. The molecule has 0 aliphatic rings. The Morgan fingerprint density at radius 2 is 1.38 bits per heavy atom. The van der Waals surface area contributed by atoms with Gasteiger partial charge in [-0.3, -0.25) is 0 Å². The molecule has 0 radical (unpaired) electrons. The molecule has 1 N–H and O–H groups in total. The highest BCUT2D eigenvalue weighted by Crippen LogP contribution is 2.31. The topological polar surface area (TPSA) is 20.2 Å². The number of benzene rings is 2. The van der Waals surface area contributed by atoms with Crippen molar-refractivity contribution in [3.63, 3.8) is 0 Å². The van der Waals surface area contributed by atoms with Crippen LogP contribution < -0.4 is 0 Å². The Hall–Kier alpha value is -1.25. The van der Waals surface area contributed by atoms with Crippen LogP contribution in [0.5, 0.6) is 0 Å². The summed E-state index contributed by atoms with van der Waals surface area (Å²) in [6, 6.07) is 17.0. The Bertz CT molecular complexity index is 564. The summed E-state index contributed by atoms with van der Waals surface area (Å²) in [6.07, 6.45) is 0.399. The molecular weight excluding hydrogens is 276 g/mol. The number of hydrogen-bond acceptors (Lipinski definition) is 2. The van der Waals surface area contributed by atoms with Crippen LogP contribution in [0.25, 0.3) is 0 Å². The Labute approximate surface area is 132 Å². The van der Waals surface area contributed by atoms with E-state index in [-0.39, 0.29) is 11.5 Å². The fourth-order valence-corrected chi connectivity index (χ4v) is 2.97. The minimum Gasteiger partial charge on any atom is -0.388 e. The summed E-state index contributed by atoms with van der Waals surface area (Å²) in [5.74, 6) is 0. The van der Waals surface area contributed by atoms with E-state index in [1.54, 1.807) is 11.8 Å². The molecule has 0 spiro atoms. The van der Waals surface area contributed by atoms with E-state index in [1.807, 2.05) is 19.1 Å². The van der Waals surface area contributed by atoms with E-state index in [2.05, 4.69) is 57.2 Å². The molecule has 21 heavy (non-hydrogen) atoms. The van der Waals surface area contributed by atoms with Crippen LogP contribution in [0.4, 0.5) is 0 Å². The van der Waals surface area contributed by atoms with Crippen LogP contribution in [0.2, 0.25) is 0 Å². The van der Waals surface area contributed by atoms with Gasteiger partial charge >= 0.3 is 0 Å². The van der Waals surface area contributed by atoms with Gasteiger partial charge in [0, 0.05) is 9.79 Å². The van der Waals surface area contributed by atoms with Crippen molar-refractivity contribution in [3.05, 3.63) is 59.7 Å². The maximum absolute atomic E-state index is 9.81. The minimum absolute atomic E-state index is 0.196. The normalized spacial score (nSPS) is 13.2. The molecule has 1 nitrogen and oxygen atoms in total. The number of aliphatic hydroxyl groups excluding tert-OH is 1. The van der Waals surface area contributed by atoms with Crippen molar-refractivity contribution in [2.45, 2.75) is 55.4 Å². The lowest BCUT2D eigenvalue weighted by Gasteiger charge is -2.19. The first-order valence-corrected chi connectivity index (χ1v) is 8.28. The maximum Gasteiger partial charge on any atom is 0.0787 e. The molecule has 0 amide bonds. The first-order chi connectivity index (χ1) is 9.90. The second-order valence-electron chi connectivity index (χ2n) is 6.37. The van der Waals surface area contributed by atoms with Gasteiger partial charge in [-0.1, -0.05) is 63.7 Å². The molecule has 0 aliphatic heterocycles. The zero-order chi connectivity index (χ0) is 15.5. The van der Waals surface area contributed by atoms with Gasteiger partial charge in [0.25, 0.3) is 0 Å². The summed E-state index contributed by atoms with van der Waals surface area (Å²) in [6.45, 7) is 8.68. The third-order valence-corrected chi connectivity index (χ3v) is 4.62. The highest BCUT2D eigenvalue weighted by atomic mass is 32.2. The van der Waals surface area contributed by atoms with Crippen LogP contribution in [-0.2, 0) is 5.41 Å². The molecular formula is C19H24OS. The second-order valence-corrected chi connectivity index (χ2v) is 7.52. The average molecular weight is 300 g/mol. The average Bonchev–Trinajstić information content (AvgIpc) is 2.47. The van der Waals surface area contributed by atoms with Gasteiger partial charge in [-0.15, -0.1) is 0 Å². The molecule has 2 heteroatoms. The molecule has 2 rings (SSSR count). The van der Waals surface area contributed by atoms with E-state index in [0.29, 0.717) is 0 Å². The van der Waals surface area contributed by atoms with Crippen molar-refractivity contribution in [1.82, 2.24) is 0 Å². The zero-order valence-electron chi connectivity index (χ0n) is 13.3. The predicted octanol–water partition coefficient (Wildman–Crippen LogP) is 5.58. The van der Waals surface area contributed by atoms with Crippen LogP contribution in [0.15, 0.2) is 58.3 Å². The lowest BCUT2D eigenvalue weighted by Crippen LogP contribution is -2.10. The largest absolute Gasteiger partial charge is 0.388 e. The third-order valence-electron chi connectivity index (χ3n) is 3.61. The van der Waals surface area contributed by atoms with Crippen LogP contribution in [0.3, 0.4) is 0 Å². The lowest BCUT2D eigenvalue weighted by atomic mass is 9.87. The fourth-order valence-electron chi connectivity index (χ4n) is 2.15. The summed E-state index contributed by atoms with van der Waals surface area (Å²) in [5, 5.41) is 9.81. The van der Waals surface area contributed by atoms with Gasteiger partial charge in [-0.2, -0.15) is 0 Å². The van der Waals surface area contributed by atoms with Gasteiger partial charge in [0.15, 0.2) is 0 Å². The van der Waals surface area contributed by atoms with Gasteiger partial charge in [-0.25, -0.2) is 0 Å². The Balaban J connectivity index is 2.08. The summed E-state index contributed by atoms with van der Waals surface area (Å²) < 4.78 is 0. The van der Waals surface area contributed by atoms with Crippen molar-refractivity contribution in [2.75, 3.05) is 0 Å². The Kier molecular flexibility index (Phi) is 5.13. The maximum atomic E-state index is 9.81. The van der Waals surface area contributed by atoms with Crippen molar-refractivity contribution < 1.29 is 5.11 Å². The van der Waals surface area contributed by atoms with Crippen LogP contribution >= 0.6 is 11.8 Å². The summed E-state index contributed by atoms with van der Waals surface area (Å²) in [4.78, 5) is 2.44. The van der Waals surface area contributed by atoms with Crippen molar-refractivity contribution in [3.8, 4) is 0 Å². The number of hydrogen-bond donors (Lipinski definition) is 1. The van der Waals surface area contributed by atoms with E-state index >= 15 is 0 Å². The van der Waals surface area contributed by atoms with E-state index in [0.717, 1.165) is 12.0 Å². The Morgan fingerprint density at radius 3 is 1.81 bits per heavy atom. The molecule has 112 valence electrons. The molecule has 0 aliphatic carbocycles. The van der Waals surface area contributed by atoms with Crippen molar-refractivity contribution in [2.24, 2.45) is 0 Å². The lowest BCUT2D eigenvalue weighted by molar-refractivity contribution is 0.173. The number of rotatable bonds is 4. The molecule has 0 saturated heterocycles. The van der Waals surface area contributed by atoms with Crippen LogP contribution in [0, 0.1) is 0 Å². The Morgan fingerprint density at radius 1 is 0.905 bits per heavy atom. The van der Waals surface area contributed by atoms with Gasteiger partial charge < -0.3 is 5.11 Å². The van der Waals surface area contributed by atoms with Gasteiger partial charge in [-0.05, 0) is 47.2 Å². The highest BCUT2D eigenvalue weighted by Gasteiger charge is 2.13. The van der Waals surface area contributed by atoms with Crippen LogP contribution in [-0.4, -0.2) is 5.11 Å². The minimum atomic E-state index is -0.352. The first-order valence-electron chi connectivity index (χ1n) is 7.46. The molecule has 0 saturated carbocycles. The van der Waals surface area contributed by atoms with Crippen molar-refractivity contribution >= 4 is 11.8 Å². The standard InChI is InChI=1S/C19H24OS/c1-5-18(20)14-6-10-16(11-7-14)21-17-12-8-15(9-13-17)19(2,3)4/h6-13,18,20H,5H2,1-4H3/t18-/m0/s1. The SMILES string of the molecule is CC[C@H](O)c1ccc(Sc2ccc(C(C)(C)C)cc2)cc1. The second kappa shape index (κ2) is 6.67. The third kappa shape index (κ3) is 4.36. The van der Waals surface area contributed by atoms with E-state index in [9.17, 15) is 5.11 Å². The molecule has 2 aromatic carbocycles. The molecule has 0 aromatic heterocycles. The molecule has 0 fully saturated rings. The smallest absolute Gasteiger partial charge is 0.0787 e. The van der Waals surface area contributed by atoms with Gasteiger partial charge in [0.2, 0.25) is 0 Å². The molecule has 0 heterocycles. The quantitative estimate of drug-likeness (QED) is 0.795. The molecule has 0 bridgehead atoms. The fraction of sp³-hybridized carbons (Fsp3) is 0.368. The van der Waals surface area contributed by atoms with E-state index in [1.165, 1.54) is 15.4 Å². The monoisotopic (exact) mass is 300 g/mol. The first kappa shape index (κ1) is 16.1. The van der Waals surface area contributed by atoms with E-state index < -0.39 is 0 Å². The van der Waals surface area contributed by atoms with E-state index in [4.69, 9.17) is 0 Å². The van der Waals surface area contributed by atoms with Crippen molar-refractivity contribution in [1.29, 1.82) is 0 Å². The summed E-state index contributed by atoms with van der Waals surface area (Å²) >= 11 is 1.75. The summed E-state index contributed by atoms with van der Waals surface area (Å²) in [7, 11) is 0. The molecule has 2 aromatic rings. The zero-order valence-corrected chi connectivity index (χ0v) is 14.1. The number of aliphatic hydroxyl groups is 1. The molecule has 0 unspecified atom stereocenters. The highest BCUT2D eigenvalue weighted by molar-refractivity contribution is 7.99.